The van der Waals surface area contributed by atoms with Gasteiger partial charge in [-0.25, -0.2) is 4.79 Å². The SMILES string of the molecule is COC[C@H]1O[C@@H](n2ccc(=O)[nH]c2=O)[C@H](O)[C@@H]1OP(O)(O)=S. The summed E-state index contributed by atoms with van der Waals surface area (Å²) in [5.74, 6) is 0. The van der Waals surface area contributed by atoms with E-state index in [1.807, 2.05) is 4.98 Å². The first-order valence-corrected chi connectivity index (χ1v) is 8.73. The van der Waals surface area contributed by atoms with Crippen molar-refractivity contribution in [1.29, 1.82) is 0 Å². The summed E-state index contributed by atoms with van der Waals surface area (Å²) in [6, 6.07) is 1.08. The zero-order valence-electron chi connectivity index (χ0n) is 11.4. The maximum absolute atomic E-state index is 11.8. The van der Waals surface area contributed by atoms with Gasteiger partial charge in [0.25, 0.3) is 5.56 Å². The fourth-order valence-corrected chi connectivity index (χ4v) is 3.04. The molecule has 0 unspecified atom stereocenters. The summed E-state index contributed by atoms with van der Waals surface area (Å²) in [6.07, 6.45) is -3.56. The number of H-pyrrole nitrogens is 1. The number of ether oxygens (including phenoxy) is 2. The van der Waals surface area contributed by atoms with Gasteiger partial charge < -0.3 is 24.4 Å². The van der Waals surface area contributed by atoms with Gasteiger partial charge in [-0.1, -0.05) is 0 Å². The highest BCUT2D eigenvalue weighted by atomic mass is 32.5. The van der Waals surface area contributed by atoms with E-state index >= 15 is 0 Å². The Kier molecular flexibility index (Phi) is 5.30. The molecule has 2 heterocycles. The van der Waals surface area contributed by atoms with Gasteiger partial charge in [0.2, 0.25) is 0 Å². The standard InChI is InChI=1S/C10H15N2O8PS/c1-18-4-5-8(20-21(16,17)22)7(14)9(19-5)12-3-2-6(13)11-10(12)15/h2-3,5,7-9,14H,4H2,1H3,(H,11,13,15)(H2,16,17,22)/t5-,7-,8-,9-/m1/s1. The molecular weight excluding hydrogens is 339 g/mol. The molecule has 1 aromatic rings. The second-order valence-electron chi connectivity index (χ2n) is 4.59. The molecule has 22 heavy (non-hydrogen) atoms. The van der Waals surface area contributed by atoms with Crippen LogP contribution in [0.25, 0.3) is 0 Å². The number of nitrogens with one attached hydrogen (secondary N) is 1. The molecule has 1 saturated heterocycles. The van der Waals surface area contributed by atoms with Crippen LogP contribution in [0.1, 0.15) is 6.23 Å². The Bertz CT molecular complexity index is 684. The van der Waals surface area contributed by atoms with Crippen molar-refractivity contribution in [3.8, 4) is 0 Å². The molecule has 0 aromatic carbocycles. The molecule has 2 rings (SSSR count). The molecule has 1 aliphatic rings. The van der Waals surface area contributed by atoms with Crippen LogP contribution >= 0.6 is 6.72 Å². The third-order valence-electron chi connectivity index (χ3n) is 3.02. The maximum Gasteiger partial charge on any atom is 0.330 e. The molecule has 0 amide bonds. The second-order valence-corrected chi connectivity index (χ2v) is 7.21. The van der Waals surface area contributed by atoms with Crippen LogP contribution in [0.4, 0.5) is 0 Å². The van der Waals surface area contributed by atoms with Crippen LogP contribution in [-0.2, 0) is 25.8 Å². The Morgan fingerprint density at radius 3 is 2.73 bits per heavy atom. The Labute approximate surface area is 129 Å². The van der Waals surface area contributed by atoms with E-state index in [4.69, 9.17) is 14.0 Å². The highest BCUT2D eigenvalue weighted by Gasteiger charge is 2.47. The summed E-state index contributed by atoms with van der Waals surface area (Å²) in [7, 11) is 1.38. The van der Waals surface area contributed by atoms with E-state index in [1.54, 1.807) is 0 Å². The molecule has 1 aliphatic heterocycles. The minimum Gasteiger partial charge on any atom is -0.386 e. The summed E-state index contributed by atoms with van der Waals surface area (Å²) in [5.41, 5.74) is -1.39. The van der Waals surface area contributed by atoms with Gasteiger partial charge in [-0.15, -0.1) is 0 Å². The van der Waals surface area contributed by atoms with E-state index in [-0.39, 0.29) is 6.61 Å². The number of hydrogen-bond donors (Lipinski definition) is 4. The lowest BCUT2D eigenvalue weighted by Gasteiger charge is -2.22. The molecule has 0 aliphatic carbocycles. The molecule has 0 saturated carbocycles. The summed E-state index contributed by atoms with van der Waals surface area (Å²) in [6.45, 7) is -4.09. The van der Waals surface area contributed by atoms with Crippen molar-refractivity contribution in [2.24, 2.45) is 0 Å². The maximum atomic E-state index is 11.8. The van der Waals surface area contributed by atoms with E-state index < -0.39 is 42.5 Å². The Morgan fingerprint density at radius 2 is 2.18 bits per heavy atom. The van der Waals surface area contributed by atoms with Crippen molar-refractivity contribution in [3.63, 3.8) is 0 Å². The van der Waals surface area contributed by atoms with Gasteiger partial charge in [0.05, 0.1) is 6.61 Å². The molecule has 1 aromatic heterocycles. The monoisotopic (exact) mass is 354 g/mol. The van der Waals surface area contributed by atoms with Crippen molar-refractivity contribution in [3.05, 3.63) is 33.1 Å². The summed E-state index contributed by atoms with van der Waals surface area (Å²) in [5, 5.41) is 10.2. The Balaban J connectivity index is 2.32. The number of aliphatic hydroxyl groups excluding tert-OH is 1. The average Bonchev–Trinajstić information content (AvgIpc) is 2.67. The molecule has 0 bridgehead atoms. The molecule has 12 heteroatoms. The minimum absolute atomic E-state index is 0.0360. The van der Waals surface area contributed by atoms with Gasteiger partial charge in [0, 0.05) is 19.4 Å². The Morgan fingerprint density at radius 1 is 1.50 bits per heavy atom. The van der Waals surface area contributed by atoms with Gasteiger partial charge in [-0.3, -0.25) is 18.9 Å². The van der Waals surface area contributed by atoms with Gasteiger partial charge in [-0.2, -0.15) is 0 Å². The zero-order chi connectivity index (χ0) is 16.5. The fourth-order valence-electron chi connectivity index (χ4n) is 2.16. The van der Waals surface area contributed by atoms with Crippen molar-refractivity contribution in [2.75, 3.05) is 13.7 Å². The summed E-state index contributed by atoms with van der Waals surface area (Å²) < 4.78 is 16.2. The number of hydrogen-bond acceptors (Lipinski definition) is 7. The van der Waals surface area contributed by atoms with Crippen molar-refractivity contribution in [2.45, 2.75) is 24.5 Å². The Hall–Kier alpha value is -0.910. The van der Waals surface area contributed by atoms with Crippen LogP contribution in [0.3, 0.4) is 0 Å². The highest BCUT2D eigenvalue weighted by molar-refractivity contribution is 8.06. The van der Waals surface area contributed by atoms with E-state index in [0.29, 0.717) is 0 Å². The molecule has 124 valence electrons. The molecule has 1 fully saturated rings. The quantitative estimate of drug-likeness (QED) is 0.443. The highest BCUT2D eigenvalue weighted by Crippen LogP contribution is 2.43. The first-order chi connectivity index (χ1) is 10.2. The number of aliphatic hydroxyl groups is 1. The van der Waals surface area contributed by atoms with E-state index in [0.717, 1.165) is 16.8 Å². The van der Waals surface area contributed by atoms with E-state index in [9.17, 15) is 24.5 Å². The van der Waals surface area contributed by atoms with Crippen LogP contribution in [0.5, 0.6) is 0 Å². The molecule has 4 atom stereocenters. The lowest BCUT2D eigenvalue weighted by Crippen LogP contribution is -2.38. The van der Waals surface area contributed by atoms with Crippen LogP contribution < -0.4 is 11.2 Å². The third kappa shape index (κ3) is 3.89. The molecule has 4 N–H and O–H groups in total. The van der Waals surface area contributed by atoms with Crippen LogP contribution in [0.15, 0.2) is 21.9 Å². The van der Waals surface area contributed by atoms with Crippen LogP contribution in [0, 0.1) is 0 Å². The van der Waals surface area contributed by atoms with Gasteiger partial charge in [-0.05, 0) is 11.8 Å². The predicted molar refractivity (Wildman–Crippen MR) is 76.7 cm³/mol. The average molecular weight is 354 g/mol. The van der Waals surface area contributed by atoms with E-state index in [1.165, 1.54) is 7.11 Å². The van der Waals surface area contributed by atoms with Crippen molar-refractivity contribution >= 4 is 18.5 Å². The molecule has 0 radical (unpaired) electrons. The van der Waals surface area contributed by atoms with Crippen LogP contribution in [-0.4, -0.2) is 56.5 Å². The van der Waals surface area contributed by atoms with Crippen molar-refractivity contribution in [1.82, 2.24) is 9.55 Å². The molecular formula is C10H15N2O8PS. The lowest BCUT2D eigenvalue weighted by molar-refractivity contribution is -0.0608. The summed E-state index contributed by atoms with van der Waals surface area (Å²) >= 11 is 4.39. The van der Waals surface area contributed by atoms with Gasteiger partial charge >= 0.3 is 12.4 Å². The van der Waals surface area contributed by atoms with Gasteiger partial charge in [0.1, 0.15) is 18.3 Å². The smallest absolute Gasteiger partial charge is 0.330 e. The first kappa shape index (κ1) is 17.4. The van der Waals surface area contributed by atoms with Gasteiger partial charge in [0.15, 0.2) is 6.23 Å². The molecule has 10 nitrogen and oxygen atoms in total. The lowest BCUT2D eigenvalue weighted by atomic mass is 10.1. The second kappa shape index (κ2) is 6.69. The normalized spacial score (nSPS) is 28.9. The topological polar surface area (TPSA) is 143 Å². The number of aromatic amines is 1. The van der Waals surface area contributed by atoms with Crippen LogP contribution in [0.2, 0.25) is 0 Å². The summed E-state index contributed by atoms with van der Waals surface area (Å²) in [4.78, 5) is 43.4. The minimum atomic E-state index is -4.06. The predicted octanol–water partition coefficient (Wildman–Crippen LogP) is -1.96. The van der Waals surface area contributed by atoms with E-state index in [2.05, 4.69) is 11.8 Å². The van der Waals surface area contributed by atoms with Crippen molar-refractivity contribution < 1.29 is 28.9 Å². The number of rotatable bonds is 5. The first-order valence-electron chi connectivity index (χ1n) is 6.11. The fraction of sp³-hybridized carbons (Fsp3) is 0.600. The number of aromatic nitrogens is 2. The number of nitrogens with zero attached hydrogens (tertiary/aromatic N) is 1. The zero-order valence-corrected chi connectivity index (χ0v) is 13.1. The number of methoxy groups -OCH3 is 1. The largest absolute Gasteiger partial charge is 0.386 e. The molecule has 0 spiro atoms. The third-order valence-corrected chi connectivity index (χ3v) is 3.80.